The molecule has 0 aliphatic rings. The zero-order chi connectivity index (χ0) is 14.3. The Morgan fingerprint density at radius 3 is 2.84 bits per heavy atom. The molecule has 1 rings (SSSR count). The third-order valence-corrected chi connectivity index (χ3v) is 2.09. The van der Waals surface area contributed by atoms with Crippen molar-refractivity contribution in [2.24, 2.45) is 0 Å². The number of halogens is 3. The number of alkyl halides is 3. The molecule has 1 heterocycles. The van der Waals surface area contributed by atoms with E-state index in [0.717, 1.165) is 12.3 Å². The van der Waals surface area contributed by atoms with Gasteiger partial charge in [-0.25, -0.2) is 9.97 Å². The number of rotatable bonds is 6. The molecule has 106 valence electrons. The summed E-state index contributed by atoms with van der Waals surface area (Å²) < 4.78 is 41.8. The van der Waals surface area contributed by atoms with Crippen LogP contribution in [0.25, 0.3) is 0 Å². The summed E-state index contributed by atoms with van der Waals surface area (Å²) in [6, 6.07) is 0.795. The molecule has 1 aromatic rings. The topological polar surface area (TPSA) is 64.1 Å². The van der Waals surface area contributed by atoms with Gasteiger partial charge in [0.1, 0.15) is 5.69 Å². The van der Waals surface area contributed by atoms with Gasteiger partial charge in [-0.1, -0.05) is 0 Å². The summed E-state index contributed by atoms with van der Waals surface area (Å²) in [5.41, 5.74) is -1.00. The summed E-state index contributed by atoms with van der Waals surface area (Å²) >= 11 is 0. The molecule has 0 saturated heterocycles. The van der Waals surface area contributed by atoms with Gasteiger partial charge in [-0.05, 0) is 19.4 Å². The first-order valence-electron chi connectivity index (χ1n) is 5.73. The highest BCUT2D eigenvalue weighted by Gasteiger charge is 2.32. The van der Waals surface area contributed by atoms with Gasteiger partial charge < -0.3 is 10.1 Å². The zero-order valence-electron chi connectivity index (χ0n) is 10.3. The van der Waals surface area contributed by atoms with E-state index < -0.39 is 11.9 Å². The summed E-state index contributed by atoms with van der Waals surface area (Å²) in [5.74, 6) is -0.451. The number of esters is 1. The molecule has 0 radical (unpaired) electrons. The summed E-state index contributed by atoms with van der Waals surface area (Å²) in [7, 11) is 0. The molecule has 0 aromatic carbocycles. The number of carbonyl (C=O) groups is 1. The van der Waals surface area contributed by atoms with Gasteiger partial charge in [0.05, 0.1) is 6.61 Å². The highest BCUT2D eigenvalue weighted by Crippen LogP contribution is 2.27. The van der Waals surface area contributed by atoms with Crippen molar-refractivity contribution in [2.75, 3.05) is 18.5 Å². The molecule has 0 spiro atoms. The van der Waals surface area contributed by atoms with Crippen LogP contribution in [-0.4, -0.2) is 29.1 Å². The SMILES string of the molecule is CCOC(=O)CCCNc1nccc(C(F)(F)F)n1. The van der Waals surface area contributed by atoms with E-state index in [1.165, 1.54) is 0 Å². The van der Waals surface area contributed by atoms with Crippen LogP contribution in [0, 0.1) is 0 Å². The lowest BCUT2D eigenvalue weighted by Gasteiger charge is -2.08. The van der Waals surface area contributed by atoms with Crippen molar-refractivity contribution in [3.63, 3.8) is 0 Å². The van der Waals surface area contributed by atoms with Gasteiger partial charge in [0.25, 0.3) is 0 Å². The molecule has 0 aliphatic carbocycles. The first kappa shape index (κ1) is 15.2. The van der Waals surface area contributed by atoms with Crippen molar-refractivity contribution in [2.45, 2.75) is 25.9 Å². The maximum atomic E-state index is 12.4. The van der Waals surface area contributed by atoms with Crippen molar-refractivity contribution < 1.29 is 22.7 Å². The minimum absolute atomic E-state index is 0.112. The molecule has 0 bridgehead atoms. The summed E-state index contributed by atoms with van der Waals surface area (Å²) in [6.45, 7) is 2.30. The normalized spacial score (nSPS) is 11.2. The highest BCUT2D eigenvalue weighted by molar-refractivity contribution is 5.69. The Labute approximate surface area is 108 Å². The van der Waals surface area contributed by atoms with Crippen LogP contribution < -0.4 is 5.32 Å². The van der Waals surface area contributed by atoms with Crippen LogP contribution in [-0.2, 0) is 15.7 Å². The molecular formula is C11H14F3N3O2. The van der Waals surface area contributed by atoms with Crippen LogP contribution in [0.15, 0.2) is 12.3 Å². The van der Waals surface area contributed by atoms with Gasteiger partial charge in [-0.15, -0.1) is 0 Å². The smallest absolute Gasteiger partial charge is 0.433 e. The molecule has 8 heteroatoms. The average molecular weight is 277 g/mol. The first-order valence-corrected chi connectivity index (χ1v) is 5.73. The molecule has 0 unspecified atom stereocenters. The fraction of sp³-hybridized carbons (Fsp3) is 0.545. The number of hydrogen-bond donors (Lipinski definition) is 1. The minimum Gasteiger partial charge on any atom is -0.466 e. The van der Waals surface area contributed by atoms with Gasteiger partial charge in [0.2, 0.25) is 5.95 Å². The van der Waals surface area contributed by atoms with Gasteiger partial charge in [0, 0.05) is 19.2 Å². The van der Waals surface area contributed by atoms with E-state index >= 15 is 0 Å². The Bertz CT molecular complexity index is 424. The van der Waals surface area contributed by atoms with Crippen molar-refractivity contribution in [3.8, 4) is 0 Å². The van der Waals surface area contributed by atoms with Gasteiger partial charge >= 0.3 is 12.1 Å². The fourth-order valence-electron chi connectivity index (χ4n) is 1.27. The average Bonchev–Trinajstić information content (AvgIpc) is 2.34. The second kappa shape index (κ2) is 6.91. The lowest BCUT2D eigenvalue weighted by molar-refractivity contribution is -0.143. The molecule has 1 aromatic heterocycles. The summed E-state index contributed by atoms with van der Waals surface area (Å²) in [4.78, 5) is 18.0. The monoisotopic (exact) mass is 277 g/mol. The van der Waals surface area contributed by atoms with Gasteiger partial charge in [-0.2, -0.15) is 13.2 Å². The summed E-state index contributed by atoms with van der Waals surface area (Å²) in [5, 5.41) is 2.62. The molecule has 0 amide bonds. The second-order valence-corrected chi connectivity index (χ2v) is 3.60. The van der Waals surface area contributed by atoms with E-state index in [-0.39, 0.29) is 18.3 Å². The number of nitrogens with one attached hydrogen (secondary N) is 1. The molecule has 1 N–H and O–H groups in total. The van der Waals surface area contributed by atoms with Crippen LogP contribution in [0.5, 0.6) is 0 Å². The van der Waals surface area contributed by atoms with Gasteiger partial charge in [0.15, 0.2) is 0 Å². The molecule has 0 saturated carbocycles. The molecule has 19 heavy (non-hydrogen) atoms. The zero-order valence-corrected chi connectivity index (χ0v) is 10.3. The van der Waals surface area contributed by atoms with E-state index in [1.807, 2.05) is 0 Å². The van der Waals surface area contributed by atoms with Crippen molar-refractivity contribution in [1.82, 2.24) is 9.97 Å². The van der Waals surface area contributed by atoms with E-state index in [0.29, 0.717) is 19.6 Å². The lowest BCUT2D eigenvalue weighted by atomic mass is 10.3. The van der Waals surface area contributed by atoms with Crippen molar-refractivity contribution >= 4 is 11.9 Å². The lowest BCUT2D eigenvalue weighted by Crippen LogP contribution is -2.13. The third kappa shape index (κ3) is 5.54. The number of nitrogens with zero attached hydrogens (tertiary/aromatic N) is 2. The number of ether oxygens (including phenoxy) is 1. The summed E-state index contributed by atoms with van der Waals surface area (Å²) in [6.07, 6.45) is -2.84. The highest BCUT2D eigenvalue weighted by atomic mass is 19.4. The van der Waals surface area contributed by atoms with Crippen molar-refractivity contribution in [1.29, 1.82) is 0 Å². The Morgan fingerprint density at radius 1 is 1.47 bits per heavy atom. The largest absolute Gasteiger partial charge is 0.466 e. The van der Waals surface area contributed by atoms with E-state index in [9.17, 15) is 18.0 Å². The van der Waals surface area contributed by atoms with Crippen molar-refractivity contribution in [3.05, 3.63) is 18.0 Å². The maximum Gasteiger partial charge on any atom is 0.433 e. The predicted molar refractivity (Wildman–Crippen MR) is 61.4 cm³/mol. The molecule has 0 fully saturated rings. The third-order valence-electron chi connectivity index (χ3n) is 2.09. The van der Waals surface area contributed by atoms with Crippen LogP contribution >= 0.6 is 0 Å². The molecule has 5 nitrogen and oxygen atoms in total. The fourth-order valence-corrected chi connectivity index (χ4v) is 1.27. The van der Waals surface area contributed by atoms with Gasteiger partial charge in [-0.3, -0.25) is 4.79 Å². The van der Waals surface area contributed by atoms with E-state index in [2.05, 4.69) is 15.3 Å². The number of hydrogen-bond acceptors (Lipinski definition) is 5. The van der Waals surface area contributed by atoms with Crippen LogP contribution in [0.4, 0.5) is 19.1 Å². The molecule has 0 aliphatic heterocycles. The quantitative estimate of drug-likeness (QED) is 0.638. The maximum absolute atomic E-state index is 12.4. The Balaban J connectivity index is 2.40. The Morgan fingerprint density at radius 2 is 2.21 bits per heavy atom. The number of carbonyl (C=O) groups excluding carboxylic acids is 1. The van der Waals surface area contributed by atoms with Crippen LogP contribution in [0.1, 0.15) is 25.5 Å². The second-order valence-electron chi connectivity index (χ2n) is 3.60. The Hall–Kier alpha value is -1.86. The van der Waals surface area contributed by atoms with Crippen LogP contribution in [0.3, 0.4) is 0 Å². The number of anilines is 1. The predicted octanol–water partition coefficient (Wildman–Crippen LogP) is 2.25. The molecular weight excluding hydrogens is 263 g/mol. The first-order chi connectivity index (χ1) is 8.93. The van der Waals surface area contributed by atoms with E-state index in [4.69, 9.17) is 4.74 Å². The van der Waals surface area contributed by atoms with Crippen LogP contribution in [0.2, 0.25) is 0 Å². The minimum atomic E-state index is -4.50. The standard InChI is InChI=1S/C11H14F3N3O2/c1-2-19-9(18)4-3-6-15-10-16-7-5-8(17-10)11(12,13)14/h5,7H,2-4,6H2,1H3,(H,15,16,17). The molecule has 0 atom stereocenters. The number of aromatic nitrogens is 2. The van der Waals surface area contributed by atoms with E-state index in [1.54, 1.807) is 6.92 Å². The Kier molecular flexibility index (Phi) is 5.53.